The van der Waals surface area contributed by atoms with E-state index in [1.165, 1.54) is 0 Å². The van der Waals surface area contributed by atoms with Crippen LogP contribution in [0.25, 0.3) is 0 Å². The third-order valence-corrected chi connectivity index (χ3v) is 3.12. The van der Waals surface area contributed by atoms with Crippen LogP contribution in [0.2, 0.25) is 10.0 Å². The van der Waals surface area contributed by atoms with Gasteiger partial charge < -0.3 is 15.5 Å². The zero-order valence-corrected chi connectivity index (χ0v) is 11.2. The summed E-state index contributed by atoms with van der Waals surface area (Å²) in [5.74, 6) is 0. The Hall–Kier alpha value is -0.320. The number of halogens is 2. The molecule has 0 bridgehead atoms. The Bertz CT molecular complexity index is 360. The van der Waals surface area contributed by atoms with Crippen LogP contribution in [0.4, 0.5) is 0 Å². The Morgan fingerprint density at radius 2 is 2.06 bits per heavy atom. The number of nitrogens with one attached hydrogen (secondary N) is 1. The van der Waals surface area contributed by atoms with Gasteiger partial charge in [-0.25, -0.2) is 0 Å². The van der Waals surface area contributed by atoms with Crippen LogP contribution in [0.1, 0.15) is 24.9 Å². The van der Waals surface area contributed by atoms with Crippen LogP contribution in [0.3, 0.4) is 0 Å². The maximum absolute atomic E-state index is 9.30. The zero-order chi connectivity index (χ0) is 12.8. The minimum absolute atomic E-state index is 0.0426. The Morgan fingerprint density at radius 3 is 2.59 bits per heavy atom. The van der Waals surface area contributed by atoms with Crippen molar-refractivity contribution in [2.45, 2.75) is 25.5 Å². The van der Waals surface area contributed by atoms with Crippen molar-refractivity contribution >= 4 is 23.2 Å². The lowest BCUT2D eigenvalue weighted by Crippen LogP contribution is -2.32. The van der Waals surface area contributed by atoms with Gasteiger partial charge in [0.1, 0.15) is 0 Å². The largest absolute Gasteiger partial charge is 0.394 e. The van der Waals surface area contributed by atoms with E-state index in [-0.39, 0.29) is 12.6 Å². The van der Waals surface area contributed by atoms with E-state index in [9.17, 15) is 5.11 Å². The Morgan fingerprint density at radius 1 is 1.35 bits per heavy atom. The first-order valence-corrected chi connectivity index (χ1v) is 6.31. The molecular weight excluding hydrogens is 261 g/mol. The summed E-state index contributed by atoms with van der Waals surface area (Å²) in [4.78, 5) is 0. The molecule has 0 aliphatic carbocycles. The van der Waals surface area contributed by atoms with Crippen molar-refractivity contribution in [2.24, 2.45) is 0 Å². The minimum Gasteiger partial charge on any atom is -0.394 e. The first kappa shape index (κ1) is 14.7. The number of aliphatic hydroxyl groups is 2. The first-order chi connectivity index (χ1) is 8.08. The summed E-state index contributed by atoms with van der Waals surface area (Å²) in [5.41, 5.74) is 0.948. The van der Waals surface area contributed by atoms with Crippen LogP contribution in [0.5, 0.6) is 0 Å². The highest BCUT2D eigenvalue weighted by Gasteiger charge is 2.14. The molecule has 0 amide bonds. The molecule has 0 aromatic heterocycles. The molecule has 3 N–H and O–H groups in total. The molecule has 0 aliphatic heterocycles. The minimum atomic E-state index is -0.755. The van der Waals surface area contributed by atoms with Gasteiger partial charge in [-0.15, -0.1) is 0 Å². The van der Waals surface area contributed by atoms with Gasteiger partial charge in [-0.3, -0.25) is 0 Å². The summed E-state index contributed by atoms with van der Waals surface area (Å²) in [7, 11) is 0. The zero-order valence-electron chi connectivity index (χ0n) is 9.66. The van der Waals surface area contributed by atoms with Gasteiger partial charge >= 0.3 is 0 Å². The van der Waals surface area contributed by atoms with E-state index < -0.39 is 6.10 Å². The van der Waals surface area contributed by atoms with E-state index in [4.69, 9.17) is 28.3 Å². The molecular formula is C12H17Cl2NO2. The fourth-order valence-electron chi connectivity index (χ4n) is 1.60. The second kappa shape index (κ2) is 7.19. The van der Waals surface area contributed by atoms with Crippen LogP contribution in [0.15, 0.2) is 18.2 Å². The third kappa shape index (κ3) is 4.45. The van der Waals surface area contributed by atoms with E-state index in [2.05, 4.69) is 5.32 Å². The van der Waals surface area contributed by atoms with E-state index >= 15 is 0 Å². The highest BCUT2D eigenvalue weighted by Crippen LogP contribution is 2.27. The van der Waals surface area contributed by atoms with Crippen molar-refractivity contribution in [1.29, 1.82) is 0 Å². The van der Waals surface area contributed by atoms with Crippen LogP contribution in [-0.2, 0) is 0 Å². The lowest BCUT2D eigenvalue weighted by atomic mass is 10.0. The van der Waals surface area contributed by atoms with E-state index in [0.717, 1.165) is 12.0 Å². The summed E-state index contributed by atoms with van der Waals surface area (Å²) >= 11 is 12.0. The van der Waals surface area contributed by atoms with Gasteiger partial charge in [-0.2, -0.15) is 0 Å². The monoisotopic (exact) mass is 277 g/mol. The molecule has 0 radical (unpaired) electrons. The average molecular weight is 278 g/mol. The van der Waals surface area contributed by atoms with E-state index in [1.807, 2.05) is 13.0 Å². The van der Waals surface area contributed by atoms with Gasteiger partial charge in [-0.1, -0.05) is 36.2 Å². The molecule has 96 valence electrons. The molecule has 3 nitrogen and oxygen atoms in total. The second-order valence-corrected chi connectivity index (χ2v) is 4.71. The molecule has 1 aromatic carbocycles. The fourth-order valence-corrected chi connectivity index (χ4v) is 2.14. The van der Waals surface area contributed by atoms with Gasteiger partial charge in [0, 0.05) is 22.6 Å². The van der Waals surface area contributed by atoms with Crippen molar-refractivity contribution in [3.63, 3.8) is 0 Å². The Balaban J connectivity index is 2.72. The number of hydrogen-bond donors (Lipinski definition) is 3. The smallest absolute Gasteiger partial charge is 0.0895 e. The summed E-state index contributed by atoms with van der Waals surface area (Å²) in [6.45, 7) is 2.10. The number of aliphatic hydroxyl groups excluding tert-OH is 2. The quantitative estimate of drug-likeness (QED) is 0.749. The van der Waals surface area contributed by atoms with Crippen molar-refractivity contribution in [2.75, 3.05) is 13.2 Å². The predicted octanol–water partition coefficient (Wildman–Crippen LogP) is 2.39. The van der Waals surface area contributed by atoms with Crippen molar-refractivity contribution in [3.05, 3.63) is 33.8 Å². The summed E-state index contributed by atoms with van der Waals surface area (Å²) in [6, 6.07) is 5.40. The SMILES string of the molecule is CCC(NCC(O)CO)c1ccc(Cl)cc1Cl. The third-order valence-electron chi connectivity index (χ3n) is 2.56. The van der Waals surface area contributed by atoms with Crippen molar-refractivity contribution in [1.82, 2.24) is 5.32 Å². The lowest BCUT2D eigenvalue weighted by Gasteiger charge is -2.20. The molecule has 0 spiro atoms. The number of benzene rings is 1. The van der Waals surface area contributed by atoms with Crippen LogP contribution < -0.4 is 5.32 Å². The molecule has 0 heterocycles. The first-order valence-electron chi connectivity index (χ1n) is 5.55. The average Bonchev–Trinajstić information content (AvgIpc) is 2.31. The van der Waals surface area contributed by atoms with Gasteiger partial charge in [0.15, 0.2) is 0 Å². The molecule has 2 unspecified atom stereocenters. The van der Waals surface area contributed by atoms with Gasteiger partial charge in [-0.05, 0) is 24.1 Å². The molecule has 1 rings (SSSR count). The fraction of sp³-hybridized carbons (Fsp3) is 0.500. The highest BCUT2D eigenvalue weighted by atomic mass is 35.5. The molecule has 5 heteroatoms. The Labute approximate surface area is 111 Å². The van der Waals surface area contributed by atoms with Gasteiger partial charge in [0.25, 0.3) is 0 Å². The van der Waals surface area contributed by atoms with Gasteiger partial charge in [0.05, 0.1) is 12.7 Å². The summed E-state index contributed by atoms with van der Waals surface area (Å²) < 4.78 is 0. The maximum Gasteiger partial charge on any atom is 0.0895 e. The lowest BCUT2D eigenvalue weighted by molar-refractivity contribution is 0.0917. The van der Waals surface area contributed by atoms with E-state index in [0.29, 0.717) is 16.6 Å². The van der Waals surface area contributed by atoms with Crippen LogP contribution >= 0.6 is 23.2 Å². The second-order valence-electron chi connectivity index (χ2n) is 3.87. The molecule has 2 atom stereocenters. The van der Waals surface area contributed by atoms with Crippen molar-refractivity contribution in [3.8, 4) is 0 Å². The molecule has 0 aliphatic rings. The van der Waals surface area contributed by atoms with Crippen LogP contribution in [-0.4, -0.2) is 29.5 Å². The number of rotatable bonds is 6. The standard InChI is InChI=1S/C12H17Cl2NO2/c1-2-12(15-6-9(17)7-16)10-4-3-8(13)5-11(10)14/h3-5,9,12,15-17H,2,6-7H2,1H3. The normalized spacial score (nSPS) is 14.6. The van der Waals surface area contributed by atoms with E-state index in [1.54, 1.807) is 12.1 Å². The number of hydrogen-bond acceptors (Lipinski definition) is 3. The molecule has 0 saturated heterocycles. The van der Waals surface area contributed by atoms with Crippen molar-refractivity contribution < 1.29 is 10.2 Å². The molecule has 0 saturated carbocycles. The maximum atomic E-state index is 9.30. The topological polar surface area (TPSA) is 52.5 Å². The molecule has 1 aromatic rings. The highest BCUT2D eigenvalue weighted by molar-refractivity contribution is 6.35. The molecule has 0 fully saturated rings. The Kier molecular flexibility index (Phi) is 6.23. The summed E-state index contributed by atoms with van der Waals surface area (Å²) in [5, 5.41) is 22.4. The van der Waals surface area contributed by atoms with Gasteiger partial charge in [0.2, 0.25) is 0 Å². The molecule has 17 heavy (non-hydrogen) atoms. The summed E-state index contributed by atoms with van der Waals surface area (Å²) in [6.07, 6.45) is 0.0783. The van der Waals surface area contributed by atoms with Crippen LogP contribution in [0, 0.1) is 0 Å². The predicted molar refractivity (Wildman–Crippen MR) is 70.6 cm³/mol.